The van der Waals surface area contributed by atoms with E-state index in [0.717, 1.165) is 19.6 Å². The minimum atomic E-state index is -0.957. The van der Waals surface area contributed by atoms with E-state index in [-0.39, 0.29) is 6.42 Å². The molecule has 0 radical (unpaired) electrons. The molecule has 16 heavy (non-hydrogen) atoms. The van der Waals surface area contributed by atoms with Crippen LogP contribution in [0, 0.1) is 0 Å². The number of likely N-dealkylation sites (tertiary alicyclic amines) is 1. The first-order chi connectivity index (χ1) is 7.59. The van der Waals surface area contributed by atoms with E-state index in [0.29, 0.717) is 12.6 Å². The van der Waals surface area contributed by atoms with Crippen molar-refractivity contribution in [3.63, 3.8) is 0 Å². The van der Waals surface area contributed by atoms with Crippen molar-refractivity contribution in [1.82, 2.24) is 10.2 Å². The van der Waals surface area contributed by atoms with Crippen molar-refractivity contribution in [2.45, 2.75) is 38.3 Å². The van der Waals surface area contributed by atoms with Crippen LogP contribution in [0.5, 0.6) is 0 Å². The summed E-state index contributed by atoms with van der Waals surface area (Å²) in [6.07, 6.45) is 1.56. The van der Waals surface area contributed by atoms with Gasteiger partial charge >= 0.3 is 5.97 Å². The minimum Gasteiger partial charge on any atom is -0.481 e. The van der Waals surface area contributed by atoms with Crippen LogP contribution < -0.4 is 5.32 Å². The van der Waals surface area contributed by atoms with Crippen LogP contribution in [0.25, 0.3) is 0 Å². The third-order valence-corrected chi connectivity index (χ3v) is 2.99. The van der Waals surface area contributed by atoms with Gasteiger partial charge in [0.05, 0.1) is 12.5 Å². The Hall–Kier alpha value is -0.650. The van der Waals surface area contributed by atoms with E-state index in [1.54, 1.807) is 0 Å². The molecule has 1 heterocycles. The van der Waals surface area contributed by atoms with Gasteiger partial charge in [0.25, 0.3) is 0 Å². The summed E-state index contributed by atoms with van der Waals surface area (Å²) < 4.78 is 0. The van der Waals surface area contributed by atoms with E-state index in [1.807, 2.05) is 0 Å². The number of carboxylic acid groups (broad SMARTS) is 1. The van der Waals surface area contributed by atoms with Crippen molar-refractivity contribution < 1.29 is 15.0 Å². The SMILES string of the molecule is CC(CNCC(O)CC(=O)O)N1CCCC1. The Morgan fingerprint density at radius 2 is 2.00 bits per heavy atom. The van der Waals surface area contributed by atoms with Crippen molar-refractivity contribution in [3.05, 3.63) is 0 Å². The Morgan fingerprint density at radius 1 is 1.38 bits per heavy atom. The highest BCUT2D eigenvalue weighted by atomic mass is 16.4. The van der Waals surface area contributed by atoms with Crippen LogP contribution in [-0.2, 0) is 4.79 Å². The summed E-state index contributed by atoms with van der Waals surface area (Å²) in [6, 6.07) is 0.458. The maximum Gasteiger partial charge on any atom is 0.306 e. The number of aliphatic carboxylic acids is 1. The van der Waals surface area contributed by atoms with E-state index in [9.17, 15) is 9.90 Å². The number of nitrogens with one attached hydrogen (secondary N) is 1. The summed E-state index contributed by atoms with van der Waals surface area (Å²) in [4.78, 5) is 12.7. The maximum absolute atomic E-state index is 10.3. The van der Waals surface area contributed by atoms with Gasteiger partial charge in [-0.05, 0) is 32.9 Å². The van der Waals surface area contributed by atoms with Crippen molar-refractivity contribution in [2.75, 3.05) is 26.2 Å². The first-order valence-corrected chi connectivity index (χ1v) is 5.94. The second-order valence-electron chi connectivity index (χ2n) is 4.50. The highest BCUT2D eigenvalue weighted by molar-refractivity contribution is 5.67. The van der Waals surface area contributed by atoms with Gasteiger partial charge in [0, 0.05) is 19.1 Å². The van der Waals surface area contributed by atoms with Crippen LogP contribution in [0.15, 0.2) is 0 Å². The number of rotatable bonds is 7. The van der Waals surface area contributed by atoms with Gasteiger partial charge in [-0.3, -0.25) is 9.69 Å². The molecule has 0 aromatic heterocycles. The normalized spacial score (nSPS) is 20.9. The van der Waals surface area contributed by atoms with Crippen LogP contribution in [0.1, 0.15) is 26.2 Å². The summed E-state index contributed by atoms with van der Waals surface area (Å²) in [5.41, 5.74) is 0. The first kappa shape index (κ1) is 13.4. The van der Waals surface area contributed by atoms with E-state index in [2.05, 4.69) is 17.1 Å². The molecule has 1 fully saturated rings. The highest BCUT2D eigenvalue weighted by Crippen LogP contribution is 2.10. The molecular weight excluding hydrogens is 208 g/mol. The summed E-state index contributed by atoms with van der Waals surface area (Å²) in [5, 5.41) is 20.9. The second kappa shape index (κ2) is 6.83. The third kappa shape index (κ3) is 4.92. The van der Waals surface area contributed by atoms with Gasteiger partial charge in [0.15, 0.2) is 0 Å². The molecule has 2 unspecified atom stereocenters. The Morgan fingerprint density at radius 3 is 2.56 bits per heavy atom. The fourth-order valence-electron chi connectivity index (χ4n) is 2.04. The number of aliphatic hydroxyl groups is 1. The van der Waals surface area contributed by atoms with Gasteiger partial charge in [-0.15, -0.1) is 0 Å². The molecule has 0 spiro atoms. The molecule has 0 bridgehead atoms. The highest BCUT2D eigenvalue weighted by Gasteiger charge is 2.17. The lowest BCUT2D eigenvalue weighted by Crippen LogP contribution is -2.41. The molecule has 0 aromatic carbocycles. The quantitative estimate of drug-likeness (QED) is 0.569. The smallest absolute Gasteiger partial charge is 0.306 e. The van der Waals surface area contributed by atoms with Gasteiger partial charge in [-0.25, -0.2) is 0 Å². The molecule has 1 aliphatic rings. The molecule has 1 aliphatic heterocycles. The number of nitrogens with zero attached hydrogens (tertiary/aromatic N) is 1. The van der Waals surface area contributed by atoms with Crippen LogP contribution in [0.3, 0.4) is 0 Å². The van der Waals surface area contributed by atoms with Crippen LogP contribution in [0.4, 0.5) is 0 Å². The van der Waals surface area contributed by atoms with E-state index >= 15 is 0 Å². The number of hydrogen-bond donors (Lipinski definition) is 3. The van der Waals surface area contributed by atoms with Gasteiger partial charge < -0.3 is 15.5 Å². The monoisotopic (exact) mass is 230 g/mol. The maximum atomic E-state index is 10.3. The lowest BCUT2D eigenvalue weighted by Gasteiger charge is -2.24. The molecule has 2 atom stereocenters. The predicted octanol–water partition coefficient (Wildman–Crippen LogP) is -0.104. The molecule has 3 N–H and O–H groups in total. The topological polar surface area (TPSA) is 72.8 Å². The van der Waals surface area contributed by atoms with Crippen molar-refractivity contribution in [1.29, 1.82) is 0 Å². The second-order valence-corrected chi connectivity index (χ2v) is 4.50. The molecule has 94 valence electrons. The van der Waals surface area contributed by atoms with Crippen LogP contribution >= 0.6 is 0 Å². The van der Waals surface area contributed by atoms with Crippen molar-refractivity contribution >= 4 is 5.97 Å². The lowest BCUT2D eigenvalue weighted by molar-refractivity contribution is -0.139. The first-order valence-electron chi connectivity index (χ1n) is 5.94. The van der Waals surface area contributed by atoms with Gasteiger partial charge in [0.1, 0.15) is 0 Å². The zero-order valence-electron chi connectivity index (χ0n) is 9.85. The Bertz CT molecular complexity index is 217. The standard InChI is InChI=1S/C11H22N2O3/c1-9(13-4-2-3-5-13)7-12-8-10(14)6-11(15)16/h9-10,12,14H,2-8H2,1H3,(H,15,16). The number of carboxylic acids is 1. The fraction of sp³-hybridized carbons (Fsp3) is 0.909. The molecule has 0 saturated carbocycles. The molecule has 0 amide bonds. The lowest BCUT2D eigenvalue weighted by atomic mass is 10.2. The molecule has 5 heteroatoms. The number of carbonyl (C=O) groups is 1. The van der Waals surface area contributed by atoms with Gasteiger partial charge in [0.2, 0.25) is 0 Å². The van der Waals surface area contributed by atoms with Crippen LogP contribution in [0.2, 0.25) is 0 Å². The predicted molar refractivity (Wildman–Crippen MR) is 61.4 cm³/mol. The Kier molecular flexibility index (Phi) is 5.73. The zero-order valence-corrected chi connectivity index (χ0v) is 9.85. The molecule has 1 saturated heterocycles. The minimum absolute atomic E-state index is 0.189. The van der Waals surface area contributed by atoms with Gasteiger partial charge in [-0.2, -0.15) is 0 Å². The zero-order chi connectivity index (χ0) is 12.0. The van der Waals surface area contributed by atoms with Gasteiger partial charge in [-0.1, -0.05) is 0 Å². The number of aliphatic hydroxyl groups excluding tert-OH is 1. The third-order valence-electron chi connectivity index (χ3n) is 2.99. The average Bonchev–Trinajstić information content (AvgIpc) is 2.68. The summed E-state index contributed by atoms with van der Waals surface area (Å²) in [7, 11) is 0. The average molecular weight is 230 g/mol. The molecular formula is C11H22N2O3. The molecule has 5 nitrogen and oxygen atoms in total. The van der Waals surface area contributed by atoms with Crippen molar-refractivity contribution in [3.8, 4) is 0 Å². The van der Waals surface area contributed by atoms with Crippen LogP contribution in [-0.4, -0.2) is 59.4 Å². The molecule has 0 aromatic rings. The largest absolute Gasteiger partial charge is 0.481 e. The Labute approximate surface area is 96.4 Å². The summed E-state index contributed by atoms with van der Waals surface area (Å²) in [5.74, 6) is -0.957. The number of hydrogen-bond acceptors (Lipinski definition) is 4. The summed E-state index contributed by atoms with van der Waals surface area (Å²) >= 11 is 0. The van der Waals surface area contributed by atoms with Crippen molar-refractivity contribution in [2.24, 2.45) is 0 Å². The fourth-order valence-corrected chi connectivity index (χ4v) is 2.04. The molecule has 1 rings (SSSR count). The summed E-state index contributed by atoms with van der Waals surface area (Å²) in [6.45, 7) is 5.62. The Balaban J connectivity index is 2.07. The van der Waals surface area contributed by atoms with E-state index in [1.165, 1.54) is 12.8 Å². The van der Waals surface area contributed by atoms with E-state index in [4.69, 9.17) is 5.11 Å². The molecule has 0 aliphatic carbocycles. The van der Waals surface area contributed by atoms with E-state index < -0.39 is 12.1 Å².